The molecule has 4 nitrogen and oxygen atoms in total. The van der Waals surface area contributed by atoms with Crippen molar-refractivity contribution in [2.45, 2.75) is 32.2 Å². The molecule has 1 fully saturated rings. The summed E-state index contributed by atoms with van der Waals surface area (Å²) in [5.74, 6) is -0.197. The van der Waals surface area contributed by atoms with E-state index in [2.05, 4.69) is 10.4 Å². The molecule has 138 valence electrons. The summed E-state index contributed by atoms with van der Waals surface area (Å²) in [6, 6.07) is 12.0. The Hall–Kier alpha value is -2.66. The van der Waals surface area contributed by atoms with Gasteiger partial charge in [0.25, 0.3) is 5.91 Å². The van der Waals surface area contributed by atoms with Gasteiger partial charge in [-0.1, -0.05) is 29.8 Å². The normalized spacial score (nSPS) is 13.6. The number of hydrogen-bond acceptors (Lipinski definition) is 2. The Bertz CT molecular complexity index is 1010. The van der Waals surface area contributed by atoms with Gasteiger partial charge in [0.15, 0.2) is 0 Å². The van der Waals surface area contributed by atoms with Crippen LogP contribution in [0.5, 0.6) is 0 Å². The first kappa shape index (κ1) is 17.7. The standard InChI is InChI=1S/C21H19ClFN3O/c1-13-5-8-17(10-19(13)22)26-20(15-6-7-15)18(12-25-26)21(27)24-11-14-3-2-4-16(23)9-14/h2-5,8-10,12,15H,6-7,11H2,1H3,(H,24,27). The van der Waals surface area contributed by atoms with Gasteiger partial charge in [-0.05, 0) is 55.2 Å². The van der Waals surface area contributed by atoms with Crippen LogP contribution in [0.1, 0.15) is 45.9 Å². The Morgan fingerprint density at radius 3 is 2.81 bits per heavy atom. The predicted octanol–water partition coefficient (Wildman–Crippen LogP) is 4.78. The monoisotopic (exact) mass is 383 g/mol. The van der Waals surface area contributed by atoms with E-state index in [1.54, 1.807) is 23.0 Å². The molecule has 1 aromatic heterocycles. The van der Waals surface area contributed by atoms with Crippen LogP contribution in [-0.2, 0) is 6.54 Å². The number of amides is 1. The molecule has 1 aliphatic carbocycles. The summed E-state index contributed by atoms with van der Waals surface area (Å²) in [5, 5.41) is 7.98. The number of aromatic nitrogens is 2. The van der Waals surface area contributed by atoms with Gasteiger partial charge in [0.1, 0.15) is 5.82 Å². The number of carbonyl (C=O) groups is 1. The molecule has 0 radical (unpaired) electrons. The van der Waals surface area contributed by atoms with E-state index >= 15 is 0 Å². The van der Waals surface area contributed by atoms with Crippen LogP contribution >= 0.6 is 11.6 Å². The van der Waals surface area contributed by atoms with Crippen molar-refractivity contribution < 1.29 is 9.18 Å². The molecule has 0 bridgehead atoms. The zero-order chi connectivity index (χ0) is 19.0. The van der Waals surface area contributed by atoms with Crippen molar-refractivity contribution in [3.05, 3.63) is 81.9 Å². The van der Waals surface area contributed by atoms with E-state index in [1.807, 2.05) is 25.1 Å². The molecule has 0 spiro atoms. The van der Waals surface area contributed by atoms with Crippen molar-refractivity contribution in [3.8, 4) is 5.69 Å². The fourth-order valence-corrected chi connectivity index (χ4v) is 3.30. The summed E-state index contributed by atoms with van der Waals surface area (Å²) in [4.78, 5) is 12.7. The molecule has 27 heavy (non-hydrogen) atoms. The van der Waals surface area contributed by atoms with Gasteiger partial charge >= 0.3 is 0 Å². The van der Waals surface area contributed by atoms with Crippen molar-refractivity contribution in [1.82, 2.24) is 15.1 Å². The number of halogens is 2. The lowest BCUT2D eigenvalue weighted by Gasteiger charge is -2.11. The third-order valence-electron chi connectivity index (χ3n) is 4.76. The highest BCUT2D eigenvalue weighted by atomic mass is 35.5. The Morgan fingerprint density at radius 2 is 2.11 bits per heavy atom. The van der Waals surface area contributed by atoms with Gasteiger partial charge in [-0.3, -0.25) is 4.79 Å². The third kappa shape index (κ3) is 3.74. The second kappa shape index (κ2) is 7.16. The Labute approximate surface area is 162 Å². The third-order valence-corrected chi connectivity index (χ3v) is 5.16. The summed E-state index contributed by atoms with van der Waals surface area (Å²) in [7, 11) is 0. The molecule has 1 saturated carbocycles. The molecule has 4 rings (SSSR count). The SMILES string of the molecule is Cc1ccc(-n2ncc(C(=O)NCc3cccc(F)c3)c2C2CC2)cc1Cl. The number of benzene rings is 2. The molecule has 0 atom stereocenters. The van der Waals surface area contributed by atoms with Gasteiger partial charge in [-0.15, -0.1) is 0 Å². The van der Waals surface area contributed by atoms with Crippen molar-refractivity contribution in [3.63, 3.8) is 0 Å². The van der Waals surface area contributed by atoms with Crippen LogP contribution in [0.15, 0.2) is 48.7 Å². The molecular formula is C21H19ClFN3O. The minimum absolute atomic E-state index is 0.203. The van der Waals surface area contributed by atoms with Gasteiger partial charge in [0.2, 0.25) is 0 Å². The van der Waals surface area contributed by atoms with Crippen LogP contribution in [0.4, 0.5) is 4.39 Å². The van der Waals surface area contributed by atoms with Gasteiger partial charge in [0, 0.05) is 17.5 Å². The van der Waals surface area contributed by atoms with Crippen LogP contribution in [0.2, 0.25) is 5.02 Å². The number of carbonyl (C=O) groups excluding carboxylic acids is 1. The first-order chi connectivity index (χ1) is 13.0. The minimum atomic E-state index is -0.315. The maximum absolute atomic E-state index is 13.3. The van der Waals surface area contributed by atoms with Gasteiger partial charge < -0.3 is 5.32 Å². The van der Waals surface area contributed by atoms with Crippen molar-refractivity contribution in [1.29, 1.82) is 0 Å². The fraction of sp³-hybridized carbons (Fsp3) is 0.238. The molecule has 1 N–H and O–H groups in total. The van der Waals surface area contributed by atoms with Crippen LogP contribution in [-0.4, -0.2) is 15.7 Å². The van der Waals surface area contributed by atoms with Gasteiger partial charge in [-0.25, -0.2) is 9.07 Å². The summed E-state index contributed by atoms with van der Waals surface area (Å²) in [6.07, 6.45) is 3.67. The molecule has 0 unspecified atom stereocenters. The van der Waals surface area contributed by atoms with Crippen molar-refractivity contribution in [2.75, 3.05) is 0 Å². The average Bonchev–Trinajstić information content (AvgIpc) is 3.40. The maximum Gasteiger partial charge on any atom is 0.255 e. The van der Waals surface area contributed by atoms with E-state index in [4.69, 9.17) is 11.6 Å². The quantitative estimate of drug-likeness (QED) is 0.689. The summed E-state index contributed by atoms with van der Waals surface area (Å²) in [6.45, 7) is 2.21. The number of aryl methyl sites for hydroxylation is 1. The van der Waals surface area contributed by atoms with Crippen LogP contribution in [0.25, 0.3) is 5.69 Å². The molecule has 1 amide bonds. The Balaban J connectivity index is 1.60. The van der Waals surface area contributed by atoms with E-state index in [0.29, 0.717) is 22.1 Å². The smallest absolute Gasteiger partial charge is 0.255 e. The summed E-state index contributed by atoms with van der Waals surface area (Å²) in [5.41, 5.74) is 4.02. The Morgan fingerprint density at radius 1 is 1.30 bits per heavy atom. The predicted molar refractivity (Wildman–Crippen MR) is 103 cm³/mol. The van der Waals surface area contributed by atoms with E-state index in [1.165, 1.54) is 12.1 Å². The van der Waals surface area contributed by atoms with Gasteiger partial charge in [-0.2, -0.15) is 5.10 Å². The second-order valence-electron chi connectivity index (χ2n) is 6.88. The molecule has 1 aliphatic rings. The number of rotatable bonds is 5. The lowest BCUT2D eigenvalue weighted by atomic mass is 10.1. The van der Waals surface area contributed by atoms with E-state index in [0.717, 1.165) is 29.8 Å². The number of nitrogens with one attached hydrogen (secondary N) is 1. The lowest BCUT2D eigenvalue weighted by Crippen LogP contribution is -2.23. The van der Waals surface area contributed by atoms with Crippen molar-refractivity contribution >= 4 is 17.5 Å². The molecule has 0 aliphatic heterocycles. The highest BCUT2D eigenvalue weighted by Gasteiger charge is 2.33. The molecular weight excluding hydrogens is 365 g/mol. The fourth-order valence-electron chi connectivity index (χ4n) is 3.13. The second-order valence-corrected chi connectivity index (χ2v) is 7.28. The molecule has 3 aromatic rings. The molecule has 6 heteroatoms. The molecule has 0 saturated heterocycles. The first-order valence-electron chi connectivity index (χ1n) is 8.90. The minimum Gasteiger partial charge on any atom is -0.348 e. The number of hydrogen-bond donors (Lipinski definition) is 1. The van der Waals surface area contributed by atoms with E-state index in [9.17, 15) is 9.18 Å². The van der Waals surface area contributed by atoms with Gasteiger partial charge in [0.05, 0.1) is 23.1 Å². The van der Waals surface area contributed by atoms with Crippen molar-refractivity contribution in [2.24, 2.45) is 0 Å². The molecule has 2 aromatic carbocycles. The molecule has 1 heterocycles. The first-order valence-corrected chi connectivity index (χ1v) is 9.28. The van der Waals surface area contributed by atoms with Crippen LogP contribution in [0.3, 0.4) is 0 Å². The summed E-state index contributed by atoms with van der Waals surface area (Å²) >= 11 is 6.26. The number of nitrogens with zero attached hydrogens (tertiary/aromatic N) is 2. The van der Waals surface area contributed by atoms with Crippen LogP contribution in [0, 0.1) is 12.7 Å². The maximum atomic E-state index is 13.3. The topological polar surface area (TPSA) is 46.9 Å². The van der Waals surface area contributed by atoms with Crippen LogP contribution < -0.4 is 5.32 Å². The largest absolute Gasteiger partial charge is 0.348 e. The summed E-state index contributed by atoms with van der Waals surface area (Å²) < 4.78 is 15.1. The Kier molecular flexibility index (Phi) is 4.70. The lowest BCUT2D eigenvalue weighted by molar-refractivity contribution is 0.0950. The van der Waals surface area contributed by atoms with E-state index < -0.39 is 0 Å². The highest BCUT2D eigenvalue weighted by Crippen LogP contribution is 2.42. The zero-order valence-electron chi connectivity index (χ0n) is 14.9. The average molecular weight is 384 g/mol. The zero-order valence-corrected chi connectivity index (χ0v) is 15.6. The highest BCUT2D eigenvalue weighted by molar-refractivity contribution is 6.31. The van der Waals surface area contributed by atoms with E-state index in [-0.39, 0.29) is 18.3 Å².